The standard InChI is InChI=1S/C26H36N4O4/c1-18(2)16-30(25(33)34)21-6-9-23(19(14-21)15-27)28-12-3-10-26(17-28)11-13-29(24(26)32)20-4-7-22(31)8-5-20/h6,9,14,18,20,22,31H,3-5,7-8,10-13,16-17H2,1-2H3,(H,33,34)/t20?,22?,26-/m0/s1. The summed E-state index contributed by atoms with van der Waals surface area (Å²) in [5, 5.41) is 29.4. The smallest absolute Gasteiger partial charge is 0.411 e. The maximum Gasteiger partial charge on any atom is 0.411 e. The van der Waals surface area contributed by atoms with Crippen molar-refractivity contribution in [3.8, 4) is 6.07 Å². The van der Waals surface area contributed by atoms with E-state index in [0.29, 0.717) is 24.3 Å². The van der Waals surface area contributed by atoms with Crippen LogP contribution in [0, 0.1) is 22.7 Å². The molecule has 4 rings (SSSR count). The number of likely N-dealkylation sites (tertiary alicyclic amines) is 1. The number of amides is 2. The number of hydrogen-bond donors (Lipinski definition) is 2. The molecule has 34 heavy (non-hydrogen) atoms. The maximum atomic E-state index is 13.6. The molecule has 184 valence electrons. The quantitative estimate of drug-likeness (QED) is 0.680. The number of carboxylic acid groups (broad SMARTS) is 1. The lowest BCUT2D eigenvalue weighted by molar-refractivity contribution is -0.139. The Morgan fingerprint density at radius 3 is 2.62 bits per heavy atom. The number of nitriles is 1. The summed E-state index contributed by atoms with van der Waals surface area (Å²) < 4.78 is 0. The van der Waals surface area contributed by atoms with Crippen LogP contribution in [0.3, 0.4) is 0 Å². The minimum absolute atomic E-state index is 0.159. The molecule has 1 aromatic rings. The van der Waals surface area contributed by atoms with Gasteiger partial charge in [0.15, 0.2) is 0 Å². The number of rotatable bonds is 5. The van der Waals surface area contributed by atoms with E-state index in [1.165, 1.54) is 4.90 Å². The Labute approximate surface area is 201 Å². The number of carbonyl (C=O) groups is 2. The highest BCUT2D eigenvalue weighted by Crippen LogP contribution is 2.44. The zero-order chi connectivity index (χ0) is 24.5. The second kappa shape index (κ2) is 9.83. The van der Waals surface area contributed by atoms with Gasteiger partial charge in [0.1, 0.15) is 6.07 Å². The third kappa shape index (κ3) is 4.72. The first-order valence-electron chi connectivity index (χ1n) is 12.5. The topological polar surface area (TPSA) is 108 Å². The Hall–Kier alpha value is -2.79. The first-order chi connectivity index (χ1) is 16.2. The van der Waals surface area contributed by atoms with E-state index >= 15 is 0 Å². The predicted octanol–water partition coefficient (Wildman–Crippen LogP) is 3.82. The predicted molar refractivity (Wildman–Crippen MR) is 130 cm³/mol. The number of carbonyl (C=O) groups excluding carboxylic acids is 1. The number of benzene rings is 1. The molecule has 2 aliphatic heterocycles. The second-order valence-corrected chi connectivity index (χ2v) is 10.6. The number of anilines is 2. The summed E-state index contributed by atoms with van der Waals surface area (Å²) in [4.78, 5) is 30.9. The molecule has 0 unspecified atom stereocenters. The van der Waals surface area contributed by atoms with Crippen molar-refractivity contribution in [2.45, 2.75) is 70.9 Å². The maximum absolute atomic E-state index is 13.6. The van der Waals surface area contributed by atoms with Gasteiger partial charge in [-0.05, 0) is 69.1 Å². The van der Waals surface area contributed by atoms with Crippen LogP contribution in [0.25, 0.3) is 0 Å². The van der Waals surface area contributed by atoms with E-state index in [4.69, 9.17) is 0 Å². The molecule has 0 aromatic heterocycles. The summed E-state index contributed by atoms with van der Waals surface area (Å²) in [7, 11) is 0. The molecule has 8 nitrogen and oxygen atoms in total. The molecule has 1 spiro atoms. The molecule has 1 atom stereocenters. The van der Waals surface area contributed by atoms with Crippen LogP contribution in [0.15, 0.2) is 18.2 Å². The van der Waals surface area contributed by atoms with Crippen molar-refractivity contribution in [3.63, 3.8) is 0 Å². The van der Waals surface area contributed by atoms with Gasteiger partial charge in [-0.3, -0.25) is 9.69 Å². The van der Waals surface area contributed by atoms with Crippen LogP contribution in [0.1, 0.15) is 64.4 Å². The molecule has 1 aliphatic carbocycles. The first kappa shape index (κ1) is 24.3. The van der Waals surface area contributed by atoms with Gasteiger partial charge in [-0.25, -0.2) is 4.79 Å². The Bertz CT molecular complexity index is 966. The van der Waals surface area contributed by atoms with Gasteiger partial charge >= 0.3 is 6.09 Å². The molecule has 2 N–H and O–H groups in total. The van der Waals surface area contributed by atoms with Crippen molar-refractivity contribution >= 4 is 23.4 Å². The monoisotopic (exact) mass is 468 g/mol. The molecular weight excluding hydrogens is 432 g/mol. The van der Waals surface area contributed by atoms with E-state index in [0.717, 1.165) is 63.7 Å². The van der Waals surface area contributed by atoms with Gasteiger partial charge < -0.3 is 20.0 Å². The van der Waals surface area contributed by atoms with E-state index in [-0.39, 0.29) is 24.0 Å². The number of aliphatic hydroxyl groups is 1. The van der Waals surface area contributed by atoms with Crippen LogP contribution in [0.2, 0.25) is 0 Å². The SMILES string of the molecule is CC(C)CN(C(=O)O)c1ccc(N2CCC[C@]3(CCN(C4CCC(O)CC4)C3=O)C2)c(C#N)c1. The lowest BCUT2D eigenvalue weighted by Crippen LogP contribution is -2.50. The molecule has 8 heteroatoms. The molecule has 2 amide bonds. The van der Waals surface area contributed by atoms with Crippen molar-refractivity contribution in [1.82, 2.24) is 4.90 Å². The zero-order valence-electron chi connectivity index (χ0n) is 20.2. The van der Waals surface area contributed by atoms with Gasteiger partial charge in [0.2, 0.25) is 5.91 Å². The third-order valence-electron chi connectivity index (χ3n) is 7.76. The molecule has 2 saturated heterocycles. The van der Waals surface area contributed by atoms with Crippen molar-refractivity contribution in [2.75, 3.05) is 36.0 Å². The Morgan fingerprint density at radius 2 is 1.97 bits per heavy atom. The molecule has 1 aromatic carbocycles. The molecular formula is C26H36N4O4. The summed E-state index contributed by atoms with van der Waals surface area (Å²) in [6.07, 6.45) is 4.53. The van der Waals surface area contributed by atoms with E-state index < -0.39 is 11.5 Å². The fraction of sp³-hybridized carbons (Fsp3) is 0.654. The van der Waals surface area contributed by atoms with E-state index in [9.17, 15) is 25.1 Å². The average molecular weight is 469 g/mol. The van der Waals surface area contributed by atoms with Crippen LogP contribution in [0.4, 0.5) is 16.2 Å². The molecule has 1 saturated carbocycles. The number of piperidine rings is 1. The third-order valence-corrected chi connectivity index (χ3v) is 7.76. The van der Waals surface area contributed by atoms with Crippen LogP contribution in [-0.2, 0) is 4.79 Å². The molecule has 0 bridgehead atoms. The van der Waals surface area contributed by atoms with Crippen LogP contribution in [-0.4, -0.2) is 65.4 Å². The lowest BCUT2D eigenvalue weighted by atomic mass is 9.78. The minimum Gasteiger partial charge on any atom is -0.465 e. The molecule has 2 heterocycles. The molecule has 3 fully saturated rings. The van der Waals surface area contributed by atoms with Crippen molar-refractivity contribution in [2.24, 2.45) is 11.3 Å². The minimum atomic E-state index is -1.03. The van der Waals surface area contributed by atoms with Crippen molar-refractivity contribution in [1.29, 1.82) is 5.26 Å². The van der Waals surface area contributed by atoms with Gasteiger partial charge in [0.25, 0.3) is 0 Å². The molecule has 0 radical (unpaired) electrons. The van der Waals surface area contributed by atoms with Gasteiger partial charge in [-0.2, -0.15) is 5.26 Å². The number of nitrogens with zero attached hydrogens (tertiary/aromatic N) is 4. The summed E-state index contributed by atoms with van der Waals surface area (Å²) >= 11 is 0. The van der Waals surface area contributed by atoms with Crippen molar-refractivity contribution < 1.29 is 19.8 Å². The molecule has 3 aliphatic rings. The fourth-order valence-electron chi connectivity index (χ4n) is 6.00. The van der Waals surface area contributed by atoms with E-state index in [1.807, 2.05) is 19.9 Å². The summed E-state index contributed by atoms with van der Waals surface area (Å²) in [5.74, 6) is 0.384. The Balaban J connectivity index is 1.53. The summed E-state index contributed by atoms with van der Waals surface area (Å²) in [6, 6.07) is 7.74. The average Bonchev–Trinajstić information content (AvgIpc) is 3.12. The number of aliphatic hydroxyl groups excluding tert-OH is 1. The van der Waals surface area contributed by atoms with Gasteiger partial charge in [-0.1, -0.05) is 13.8 Å². The fourth-order valence-corrected chi connectivity index (χ4v) is 6.00. The number of hydrogen-bond acceptors (Lipinski definition) is 5. The van der Waals surface area contributed by atoms with Gasteiger partial charge in [0, 0.05) is 37.9 Å². The van der Waals surface area contributed by atoms with Crippen LogP contribution < -0.4 is 9.80 Å². The summed E-state index contributed by atoms with van der Waals surface area (Å²) in [6.45, 7) is 6.39. The van der Waals surface area contributed by atoms with E-state index in [2.05, 4.69) is 15.9 Å². The van der Waals surface area contributed by atoms with Crippen molar-refractivity contribution in [3.05, 3.63) is 23.8 Å². The second-order valence-electron chi connectivity index (χ2n) is 10.6. The highest BCUT2D eigenvalue weighted by Gasteiger charge is 2.50. The Morgan fingerprint density at radius 1 is 1.24 bits per heavy atom. The highest BCUT2D eigenvalue weighted by atomic mass is 16.4. The van der Waals surface area contributed by atoms with Crippen LogP contribution in [0.5, 0.6) is 0 Å². The van der Waals surface area contributed by atoms with E-state index in [1.54, 1.807) is 12.1 Å². The van der Waals surface area contributed by atoms with Gasteiger partial charge in [0.05, 0.1) is 22.8 Å². The largest absolute Gasteiger partial charge is 0.465 e. The highest BCUT2D eigenvalue weighted by molar-refractivity contribution is 5.88. The summed E-state index contributed by atoms with van der Waals surface area (Å²) in [5.41, 5.74) is 1.28. The van der Waals surface area contributed by atoms with Crippen LogP contribution >= 0.6 is 0 Å². The van der Waals surface area contributed by atoms with Gasteiger partial charge in [-0.15, -0.1) is 0 Å². The normalized spacial score (nSPS) is 27.3. The lowest BCUT2D eigenvalue weighted by Gasteiger charge is -2.41. The Kier molecular flexibility index (Phi) is 7.04. The first-order valence-corrected chi connectivity index (χ1v) is 12.5. The zero-order valence-corrected chi connectivity index (χ0v) is 20.2.